The molecule has 2 rings (SSSR count). The second kappa shape index (κ2) is 5.90. The maximum absolute atomic E-state index is 12.4. The van der Waals surface area contributed by atoms with Crippen molar-refractivity contribution in [2.75, 3.05) is 11.3 Å². The zero-order valence-corrected chi connectivity index (χ0v) is 12.4. The van der Waals surface area contributed by atoms with Gasteiger partial charge in [-0.05, 0) is 31.9 Å². The Morgan fingerprint density at radius 1 is 1.38 bits per heavy atom. The minimum Gasteiger partial charge on any atom is -0.505 e. The van der Waals surface area contributed by atoms with E-state index in [0.29, 0.717) is 6.54 Å². The molecule has 0 saturated carbocycles. The van der Waals surface area contributed by atoms with Gasteiger partial charge in [-0.2, -0.15) is 12.7 Å². The molecule has 3 N–H and O–H groups in total. The van der Waals surface area contributed by atoms with Crippen molar-refractivity contribution in [1.29, 1.82) is 0 Å². The van der Waals surface area contributed by atoms with Crippen LogP contribution < -0.4 is 4.72 Å². The first-order valence-corrected chi connectivity index (χ1v) is 8.12. The number of rotatable bonds is 4. The Kier molecular flexibility index (Phi) is 4.38. The summed E-state index contributed by atoms with van der Waals surface area (Å²) in [4.78, 5) is 10.9. The number of anilines is 1. The van der Waals surface area contributed by atoms with Crippen LogP contribution in [-0.2, 0) is 10.2 Å². The molecule has 0 aromatic heterocycles. The molecule has 21 heavy (non-hydrogen) atoms. The summed E-state index contributed by atoms with van der Waals surface area (Å²) in [7, 11) is -3.82. The topological polar surface area (TPSA) is 107 Å². The molecule has 0 radical (unpaired) electrons. The summed E-state index contributed by atoms with van der Waals surface area (Å²) < 4.78 is 28.3. The van der Waals surface area contributed by atoms with Crippen LogP contribution in [0.3, 0.4) is 0 Å². The molecule has 1 unspecified atom stereocenters. The number of para-hydroxylation sites is 1. The average Bonchev–Trinajstić information content (AvgIpc) is 2.41. The van der Waals surface area contributed by atoms with Gasteiger partial charge in [-0.1, -0.05) is 12.5 Å². The van der Waals surface area contributed by atoms with Crippen LogP contribution in [-0.4, -0.2) is 41.5 Å². The number of nitrogens with zero attached hydrogens (tertiary/aromatic N) is 1. The summed E-state index contributed by atoms with van der Waals surface area (Å²) in [6.07, 6.45) is 2.54. The second-order valence-corrected chi connectivity index (χ2v) is 6.69. The Labute approximate surface area is 123 Å². The molecule has 1 saturated heterocycles. The van der Waals surface area contributed by atoms with Crippen molar-refractivity contribution in [2.24, 2.45) is 0 Å². The van der Waals surface area contributed by atoms with E-state index in [4.69, 9.17) is 5.11 Å². The fourth-order valence-electron chi connectivity index (χ4n) is 2.42. The normalized spacial score (nSPS) is 20.1. The van der Waals surface area contributed by atoms with Gasteiger partial charge >= 0.3 is 16.2 Å². The number of hydrogen-bond donors (Lipinski definition) is 3. The largest absolute Gasteiger partial charge is 0.505 e. The van der Waals surface area contributed by atoms with Gasteiger partial charge in [0.2, 0.25) is 0 Å². The van der Waals surface area contributed by atoms with Crippen LogP contribution >= 0.6 is 0 Å². The Morgan fingerprint density at radius 3 is 2.71 bits per heavy atom. The van der Waals surface area contributed by atoms with Crippen molar-refractivity contribution in [2.45, 2.75) is 32.2 Å². The zero-order valence-electron chi connectivity index (χ0n) is 11.6. The molecule has 8 heteroatoms. The number of piperidine rings is 1. The first-order chi connectivity index (χ1) is 9.83. The Balaban J connectivity index is 2.28. The van der Waals surface area contributed by atoms with Gasteiger partial charge in [0.05, 0.1) is 5.69 Å². The summed E-state index contributed by atoms with van der Waals surface area (Å²) in [6, 6.07) is 3.79. The van der Waals surface area contributed by atoms with Gasteiger partial charge in [0.25, 0.3) is 0 Å². The summed E-state index contributed by atoms with van der Waals surface area (Å²) in [5, 5.41) is 18.8. The fourth-order valence-corrected chi connectivity index (χ4v) is 3.93. The fraction of sp³-hybridized carbons (Fsp3) is 0.462. The van der Waals surface area contributed by atoms with E-state index in [0.717, 1.165) is 19.3 Å². The summed E-state index contributed by atoms with van der Waals surface area (Å²) in [6.45, 7) is 2.24. The van der Waals surface area contributed by atoms with Crippen molar-refractivity contribution < 1.29 is 23.4 Å². The third-order valence-electron chi connectivity index (χ3n) is 3.56. The van der Waals surface area contributed by atoms with Gasteiger partial charge in [-0.15, -0.1) is 0 Å². The zero-order chi connectivity index (χ0) is 15.6. The molecule has 1 atom stereocenters. The number of aromatic hydroxyl groups is 1. The first-order valence-electron chi connectivity index (χ1n) is 6.68. The number of nitrogens with one attached hydrogen (secondary N) is 1. The summed E-state index contributed by atoms with van der Waals surface area (Å²) in [5.41, 5.74) is -0.477. The minimum atomic E-state index is -3.82. The van der Waals surface area contributed by atoms with Gasteiger partial charge < -0.3 is 10.2 Å². The van der Waals surface area contributed by atoms with Crippen LogP contribution in [0.4, 0.5) is 5.69 Å². The van der Waals surface area contributed by atoms with E-state index in [1.807, 2.05) is 6.92 Å². The van der Waals surface area contributed by atoms with Gasteiger partial charge in [-0.25, -0.2) is 4.79 Å². The molecule has 116 valence electrons. The van der Waals surface area contributed by atoms with Gasteiger partial charge in [0.1, 0.15) is 5.56 Å². The molecule has 0 amide bonds. The number of carbonyl (C=O) groups is 1. The van der Waals surface area contributed by atoms with Crippen LogP contribution in [0.2, 0.25) is 0 Å². The lowest BCUT2D eigenvalue weighted by Crippen LogP contribution is -2.44. The number of aromatic carboxylic acids is 1. The molecular weight excluding hydrogens is 296 g/mol. The lowest BCUT2D eigenvalue weighted by molar-refractivity contribution is 0.0694. The lowest BCUT2D eigenvalue weighted by Gasteiger charge is -2.32. The number of benzene rings is 1. The standard InChI is InChI=1S/C13H18N2O5S/c1-9-5-2-3-8-15(9)21(19,20)14-11-7-4-6-10(12(11)16)13(17)18/h4,6-7,9,14,16H,2-3,5,8H2,1H3,(H,17,18). The molecule has 1 aliphatic rings. The molecule has 0 aliphatic carbocycles. The molecule has 1 aromatic rings. The van der Waals surface area contributed by atoms with Gasteiger partial charge in [0.15, 0.2) is 5.75 Å². The highest BCUT2D eigenvalue weighted by atomic mass is 32.2. The van der Waals surface area contributed by atoms with Crippen molar-refractivity contribution >= 4 is 21.9 Å². The number of carboxylic acids is 1. The maximum Gasteiger partial charge on any atom is 0.339 e. The number of carboxylic acid groups (broad SMARTS) is 1. The van der Waals surface area contributed by atoms with E-state index in [2.05, 4.69) is 4.72 Å². The number of hydrogen-bond acceptors (Lipinski definition) is 4. The average molecular weight is 314 g/mol. The molecule has 1 fully saturated rings. The van der Waals surface area contributed by atoms with Crippen LogP contribution in [0.1, 0.15) is 36.5 Å². The van der Waals surface area contributed by atoms with Crippen molar-refractivity contribution in [3.63, 3.8) is 0 Å². The summed E-state index contributed by atoms with van der Waals surface area (Å²) in [5.74, 6) is -1.90. The van der Waals surface area contributed by atoms with Gasteiger partial charge in [0, 0.05) is 12.6 Å². The van der Waals surface area contributed by atoms with E-state index >= 15 is 0 Å². The molecule has 1 aliphatic heterocycles. The third-order valence-corrected chi connectivity index (χ3v) is 5.19. The molecule has 1 heterocycles. The van der Waals surface area contributed by atoms with Gasteiger partial charge in [-0.3, -0.25) is 4.72 Å². The highest BCUT2D eigenvalue weighted by Crippen LogP contribution is 2.30. The maximum atomic E-state index is 12.4. The molecular formula is C13H18N2O5S. The second-order valence-electron chi connectivity index (χ2n) is 5.07. The lowest BCUT2D eigenvalue weighted by atomic mass is 10.1. The third kappa shape index (κ3) is 3.27. The SMILES string of the molecule is CC1CCCCN1S(=O)(=O)Nc1cccc(C(=O)O)c1O. The Morgan fingerprint density at radius 2 is 2.10 bits per heavy atom. The highest BCUT2D eigenvalue weighted by molar-refractivity contribution is 7.90. The van der Waals surface area contributed by atoms with Crippen molar-refractivity contribution in [1.82, 2.24) is 4.31 Å². The van der Waals surface area contributed by atoms with Crippen LogP contribution in [0.15, 0.2) is 18.2 Å². The predicted molar refractivity (Wildman–Crippen MR) is 77.6 cm³/mol. The minimum absolute atomic E-state index is 0.124. The predicted octanol–water partition coefficient (Wildman–Crippen LogP) is 1.62. The van der Waals surface area contributed by atoms with Crippen LogP contribution in [0.5, 0.6) is 5.75 Å². The monoisotopic (exact) mass is 314 g/mol. The van der Waals surface area contributed by atoms with Crippen molar-refractivity contribution in [3.8, 4) is 5.75 Å². The Bertz CT molecular complexity index is 644. The smallest absolute Gasteiger partial charge is 0.339 e. The highest BCUT2D eigenvalue weighted by Gasteiger charge is 2.30. The van der Waals surface area contributed by atoms with E-state index < -0.39 is 21.9 Å². The van der Waals surface area contributed by atoms with Crippen LogP contribution in [0, 0.1) is 0 Å². The van der Waals surface area contributed by atoms with Crippen molar-refractivity contribution in [3.05, 3.63) is 23.8 Å². The molecule has 1 aromatic carbocycles. The van der Waals surface area contributed by atoms with E-state index in [-0.39, 0.29) is 17.3 Å². The number of phenols is 1. The Hall–Kier alpha value is -1.80. The molecule has 7 nitrogen and oxygen atoms in total. The van der Waals surface area contributed by atoms with E-state index in [9.17, 15) is 18.3 Å². The summed E-state index contributed by atoms with van der Waals surface area (Å²) >= 11 is 0. The van der Waals surface area contributed by atoms with E-state index in [1.165, 1.54) is 22.5 Å². The quantitative estimate of drug-likeness (QED) is 0.732. The molecule has 0 bridgehead atoms. The molecule has 0 spiro atoms. The van der Waals surface area contributed by atoms with Crippen LogP contribution in [0.25, 0.3) is 0 Å². The first kappa shape index (κ1) is 15.6. The van der Waals surface area contributed by atoms with E-state index in [1.54, 1.807) is 0 Å².